The van der Waals surface area contributed by atoms with Crippen LogP contribution in [0.15, 0.2) is 23.4 Å². The van der Waals surface area contributed by atoms with E-state index in [1.807, 2.05) is 24.4 Å². The lowest BCUT2D eigenvalue weighted by Gasteiger charge is -2.10. The summed E-state index contributed by atoms with van der Waals surface area (Å²) in [6.45, 7) is 1.93. The minimum Gasteiger partial charge on any atom is -0.494 e. The molecule has 0 aliphatic rings. The number of carbonyl (C=O) groups is 2. The topological polar surface area (TPSA) is 125 Å². The standard InChI is InChI=1S/C12H14N6O3S/c1-7-3-4-9(21-2)8(5-7)18-12(15-16-17-18)22-6-10(19)14-11(13)20/h3-5H,6H2,1-2H3,(H3,13,14,19,20). The van der Waals surface area contributed by atoms with Crippen LogP contribution in [0.3, 0.4) is 0 Å². The summed E-state index contributed by atoms with van der Waals surface area (Å²) in [5, 5.41) is 13.7. The van der Waals surface area contributed by atoms with Crippen molar-refractivity contribution in [1.29, 1.82) is 0 Å². The molecule has 9 nitrogen and oxygen atoms in total. The lowest BCUT2D eigenvalue weighted by molar-refractivity contribution is -0.117. The molecule has 0 bridgehead atoms. The summed E-state index contributed by atoms with van der Waals surface area (Å²) in [7, 11) is 1.55. The first-order chi connectivity index (χ1) is 10.5. The zero-order valence-electron chi connectivity index (χ0n) is 11.9. The van der Waals surface area contributed by atoms with Crippen LogP contribution in [-0.4, -0.2) is 45.0 Å². The molecule has 0 saturated heterocycles. The minimum absolute atomic E-state index is 0.0442. The summed E-state index contributed by atoms with van der Waals surface area (Å²) < 4.78 is 6.76. The quantitative estimate of drug-likeness (QED) is 0.757. The fraction of sp³-hybridized carbons (Fsp3) is 0.250. The average molecular weight is 322 g/mol. The van der Waals surface area contributed by atoms with Crippen molar-refractivity contribution in [2.75, 3.05) is 12.9 Å². The number of nitrogens with zero attached hydrogens (tertiary/aromatic N) is 4. The van der Waals surface area contributed by atoms with Gasteiger partial charge in [-0.3, -0.25) is 10.1 Å². The first kappa shape index (κ1) is 15.8. The molecule has 0 saturated carbocycles. The maximum atomic E-state index is 11.4. The van der Waals surface area contributed by atoms with E-state index in [1.165, 1.54) is 4.68 Å². The number of methoxy groups -OCH3 is 1. The molecule has 0 atom stereocenters. The predicted molar refractivity (Wildman–Crippen MR) is 78.9 cm³/mol. The number of benzene rings is 1. The third-order valence-corrected chi connectivity index (χ3v) is 3.52. The summed E-state index contributed by atoms with van der Waals surface area (Å²) in [6, 6.07) is 4.67. The van der Waals surface area contributed by atoms with E-state index < -0.39 is 11.9 Å². The minimum atomic E-state index is -0.898. The second-order valence-corrected chi connectivity index (χ2v) is 5.19. The molecule has 116 valence electrons. The summed E-state index contributed by atoms with van der Waals surface area (Å²) in [4.78, 5) is 22.0. The Morgan fingerprint density at radius 3 is 2.91 bits per heavy atom. The van der Waals surface area contributed by atoms with Gasteiger partial charge < -0.3 is 10.5 Å². The maximum absolute atomic E-state index is 11.4. The van der Waals surface area contributed by atoms with Crippen LogP contribution in [0.1, 0.15) is 5.56 Å². The molecule has 1 aromatic heterocycles. The van der Waals surface area contributed by atoms with Crippen molar-refractivity contribution < 1.29 is 14.3 Å². The van der Waals surface area contributed by atoms with Gasteiger partial charge in [0.2, 0.25) is 11.1 Å². The molecule has 1 aromatic carbocycles. The van der Waals surface area contributed by atoms with Gasteiger partial charge in [0.1, 0.15) is 11.4 Å². The number of aryl methyl sites for hydroxylation is 1. The molecule has 10 heteroatoms. The number of nitrogens with one attached hydrogen (secondary N) is 1. The fourth-order valence-corrected chi connectivity index (χ4v) is 2.37. The largest absolute Gasteiger partial charge is 0.494 e. The number of amides is 3. The van der Waals surface area contributed by atoms with E-state index in [4.69, 9.17) is 10.5 Å². The molecule has 0 aliphatic heterocycles. The highest BCUT2D eigenvalue weighted by Gasteiger charge is 2.15. The Balaban J connectivity index is 2.21. The van der Waals surface area contributed by atoms with Crippen LogP contribution in [0.2, 0.25) is 0 Å². The van der Waals surface area contributed by atoms with Crippen molar-refractivity contribution in [2.24, 2.45) is 5.73 Å². The van der Waals surface area contributed by atoms with Crippen molar-refractivity contribution >= 4 is 23.7 Å². The van der Waals surface area contributed by atoms with Crippen LogP contribution in [0.25, 0.3) is 5.69 Å². The molecular formula is C12H14N6O3S. The SMILES string of the molecule is COc1ccc(C)cc1-n1nnnc1SCC(=O)NC(N)=O. The van der Waals surface area contributed by atoms with E-state index in [0.29, 0.717) is 16.6 Å². The number of tetrazole rings is 1. The predicted octanol–water partition coefficient (Wildman–Crippen LogP) is 0.266. The molecule has 0 fully saturated rings. The Bertz CT molecular complexity index is 702. The lowest BCUT2D eigenvalue weighted by atomic mass is 10.2. The highest BCUT2D eigenvalue weighted by Crippen LogP contribution is 2.26. The van der Waals surface area contributed by atoms with E-state index in [1.54, 1.807) is 13.2 Å². The van der Waals surface area contributed by atoms with E-state index in [-0.39, 0.29) is 5.75 Å². The van der Waals surface area contributed by atoms with Gasteiger partial charge in [-0.05, 0) is 35.0 Å². The Morgan fingerprint density at radius 2 is 2.23 bits per heavy atom. The molecule has 1 heterocycles. The number of rotatable bonds is 5. The van der Waals surface area contributed by atoms with Crippen LogP contribution in [0.4, 0.5) is 4.79 Å². The van der Waals surface area contributed by atoms with Gasteiger partial charge in [0.15, 0.2) is 0 Å². The third-order valence-electron chi connectivity index (χ3n) is 2.60. The van der Waals surface area contributed by atoms with Crippen molar-refractivity contribution in [1.82, 2.24) is 25.5 Å². The number of nitrogens with two attached hydrogens (primary N) is 1. The number of aromatic nitrogens is 4. The number of hydrogen-bond donors (Lipinski definition) is 2. The number of urea groups is 1. The number of primary amides is 1. The normalized spacial score (nSPS) is 10.3. The molecule has 0 unspecified atom stereocenters. The zero-order valence-corrected chi connectivity index (χ0v) is 12.8. The summed E-state index contributed by atoms with van der Waals surface area (Å²) in [5.74, 6) is 0.0295. The Kier molecular flexibility index (Phi) is 4.94. The van der Waals surface area contributed by atoms with Gasteiger partial charge in [0.05, 0.1) is 12.9 Å². The fourth-order valence-electron chi connectivity index (χ4n) is 1.69. The van der Waals surface area contributed by atoms with Crippen molar-refractivity contribution in [3.8, 4) is 11.4 Å². The van der Waals surface area contributed by atoms with E-state index in [0.717, 1.165) is 17.3 Å². The van der Waals surface area contributed by atoms with Crippen LogP contribution in [-0.2, 0) is 4.79 Å². The van der Waals surface area contributed by atoms with E-state index in [2.05, 4.69) is 15.5 Å². The van der Waals surface area contributed by atoms with Gasteiger partial charge in [-0.2, -0.15) is 4.68 Å². The number of thioether (sulfide) groups is 1. The maximum Gasteiger partial charge on any atom is 0.318 e. The van der Waals surface area contributed by atoms with E-state index in [9.17, 15) is 9.59 Å². The first-order valence-corrected chi connectivity index (χ1v) is 7.15. The molecule has 2 aromatic rings. The second kappa shape index (κ2) is 6.89. The Labute approximate surface area is 130 Å². The van der Waals surface area contributed by atoms with Gasteiger partial charge >= 0.3 is 6.03 Å². The smallest absolute Gasteiger partial charge is 0.318 e. The number of imide groups is 1. The van der Waals surface area contributed by atoms with Crippen LogP contribution >= 0.6 is 11.8 Å². The molecule has 2 rings (SSSR count). The third kappa shape index (κ3) is 3.73. The monoisotopic (exact) mass is 322 g/mol. The molecule has 0 radical (unpaired) electrons. The first-order valence-electron chi connectivity index (χ1n) is 6.16. The van der Waals surface area contributed by atoms with Gasteiger partial charge in [0, 0.05) is 0 Å². The van der Waals surface area contributed by atoms with E-state index >= 15 is 0 Å². The van der Waals surface area contributed by atoms with Crippen molar-refractivity contribution in [3.05, 3.63) is 23.8 Å². The molecular weight excluding hydrogens is 308 g/mol. The lowest BCUT2D eigenvalue weighted by Crippen LogP contribution is -2.36. The molecule has 0 aliphatic carbocycles. The van der Waals surface area contributed by atoms with Crippen LogP contribution in [0, 0.1) is 6.92 Å². The Morgan fingerprint density at radius 1 is 1.45 bits per heavy atom. The highest BCUT2D eigenvalue weighted by molar-refractivity contribution is 7.99. The van der Waals surface area contributed by atoms with Gasteiger partial charge in [0.25, 0.3) is 0 Å². The molecule has 22 heavy (non-hydrogen) atoms. The van der Waals surface area contributed by atoms with Crippen LogP contribution < -0.4 is 15.8 Å². The zero-order chi connectivity index (χ0) is 16.1. The van der Waals surface area contributed by atoms with Gasteiger partial charge in [-0.25, -0.2) is 4.79 Å². The van der Waals surface area contributed by atoms with Gasteiger partial charge in [-0.1, -0.05) is 17.8 Å². The summed E-state index contributed by atoms with van der Waals surface area (Å²) in [6.07, 6.45) is 0. The van der Waals surface area contributed by atoms with Crippen LogP contribution in [0.5, 0.6) is 5.75 Å². The van der Waals surface area contributed by atoms with Crippen molar-refractivity contribution in [3.63, 3.8) is 0 Å². The number of ether oxygens (including phenoxy) is 1. The van der Waals surface area contributed by atoms with Crippen molar-refractivity contribution in [2.45, 2.75) is 12.1 Å². The summed E-state index contributed by atoms with van der Waals surface area (Å²) >= 11 is 1.08. The highest BCUT2D eigenvalue weighted by atomic mass is 32.2. The summed E-state index contributed by atoms with van der Waals surface area (Å²) in [5.41, 5.74) is 6.54. The number of hydrogen-bond acceptors (Lipinski definition) is 7. The Hall–Kier alpha value is -2.62. The number of carbonyl (C=O) groups excluding carboxylic acids is 2. The molecule has 0 spiro atoms. The van der Waals surface area contributed by atoms with Gasteiger partial charge in [-0.15, -0.1) is 5.10 Å². The average Bonchev–Trinajstić information content (AvgIpc) is 2.92. The second-order valence-electron chi connectivity index (χ2n) is 4.25. The molecule has 3 N–H and O–H groups in total. The molecule has 3 amide bonds.